The number of anilines is 1. The molecular weight excluding hydrogens is 230 g/mol. The molecule has 0 atom stereocenters. The quantitative estimate of drug-likeness (QED) is 0.778. The SMILES string of the molecule is [CH2]c1ccccc1-c1ccc2c(c1)C(C)(C)CCN2. The fourth-order valence-corrected chi connectivity index (χ4v) is 2.87. The van der Waals surface area contributed by atoms with E-state index in [0.717, 1.165) is 12.1 Å². The molecule has 3 rings (SSSR count). The molecule has 0 bridgehead atoms. The maximum absolute atomic E-state index is 4.13. The zero-order chi connectivity index (χ0) is 13.5. The van der Waals surface area contributed by atoms with E-state index in [2.05, 4.69) is 62.5 Å². The van der Waals surface area contributed by atoms with E-state index < -0.39 is 0 Å². The number of rotatable bonds is 1. The Morgan fingerprint density at radius 3 is 2.68 bits per heavy atom. The highest BCUT2D eigenvalue weighted by molar-refractivity contribution is 5.73. The van der Waals surface area contributed by atoms with Crippen LogP contribution < -0.4 is 5.32 Å². The maximum Gasteiger partial charge on any atom is 0.0378 e. The summed E-state index contributed by atoms with van der Waals surface area (Å²) in [6.45, 7) is 9.84. The Bertz CT molecular complexity index is 611. The van der Waals surface area contributed by atoms with E-state index in [0.29, 0.717) is 0 Å². The summed E-state index contributed by atoms with van der Waals surface area (Å²) in [4.78, 5) is 0. The molecule has 1 radical (unpaired) electrons. The van der Waals surface area contributed by atoms with Gasteiger partial charge in [0.1, 0.15) is 0 Å². The van der Waals surface area contributed by atoms with E-state index in [1.54, 1.807) is 0 Å². The molecule has 2 aromatic carbocycles. The zero-order valence-electron chi connectivity index (χ0n) is 11.7. The summed E-state index contributed by atoms with van der Waals surface area (Å²) in [7, 11) is 0. The van der Waals surface area contributed by atoms with Gasteiger partial charge in [0.05, 0.1) is 0 Å². The molecule has 0 aromatic heterocycles. The van der Waals surface area contributed by atoms with E-state index in [4.69, 9.17) is 0 Å². The highest BCUT2D eigenvalue weighted by Crippen LogP contribution is 2.39. The second-order valence-electron chi connectivity index (χ2n) is 5.98. The third-order valence-electron chi connectivity index (χ3n) is 4.14. The van der Waals surface area contributed by atoms with Crippen molar-refractivity contribution in [3.8, 4) is 11.1 Å². The monoisotopic (exact) mass is 250 g/mol. The second-order valence-corrected chi connectivity index (χ2v) is 5.98. The summed E-state index contributed by atoms with van der Waals surface area (Å²) in [5.74, 6) is 0. The normalized spacial score (nSPS) is 16.6. The Kier molecular flexibility index (Phi) is 2.85. The van der Waals surface area contributed by atoms with Crippen LogP contribution in [0.5, 0.6) is 0 Å². The Balaban J connectivity index is 2.14. The van der Waals surface area contributed by atoms with Gasteiger partial charge in [-0.05, 0) is 53.1 Å². The first kappa shape index (κ1) is 12.3. The van der Waals surface area contributed by atoms with Crippen molar-refractivity contribution in [2.24, 2.45) is 0 Å². The molecule has 0 saturated heterocycles. The molecule has 1 N–H and O–H groups in total. The van der Waals surface area contributed by atoms with Gasteiger partial charge in [-0.3, -0.25) is 0 Å². The second kappa shape index (κ2) is 4.41. The number of hydrogen-bond acceptors (Lipinski definition) is 1. The van der Waals surface area contributed by atoms with Gasteiger partial charge in [0.25, 0.3) is 0 Å². The summed E-state index contributed by atoms with van der Waals surface area (Å²) in [5.41, 5.74) is 6.52. The minimum Gasteiger partial charge on any atom is -0.385 e. The van der Waals surface area contributed by atoms with Crippen molar-refractivity contribution in [3.05, 3.63) is 60.5 Å². The van der Waals surface area contributed by atoms with Crippen LogP contribution in [0.2, 0.25) is 0 Å². The number of hydrogen-bond donors (Lipinski definition) is 1. The summed E-state index contributed by atoms with van der Waals surface area (Å²) in [5, 5.41) is 3.50. The minimum absolute atomic E-state index is 0.243. The Hall–Kier alpha value is -1.76. The molecule has 1 aliphatic heterocycles. The summed E-state index contributed by atoms with van der Waals surface area (Å²) in [6.07, 6.45) is 1.18. The van der Waals surface area contributed by atoms with E-state index in [9.17, 15) is 0 Å². The molecule has 0 spiro atoms. The molecule has 0 aliphatic carbocycles. The topological polar surface area (TPSA) is 12.0 Å². The molecule has 1 nitrogen and oxygen atoms in total. The minimum atomic E-state index is 0.243. The molecular formula is C18H20N. The van der Waals surface area contributed by atoms with Crippen LogP contribution >= 0.6 is 0 Å². The zero-order valence-corrected chi connectivity index (χ0v) is 11.7. The van der Waals surface area contributed by atoms with Crippen molar-refractivity contribution in [2.45, 2.75) is 25.7 Å². The summed E-state index contributed by atoms with van der Waals surface area (Å²) < 4.78 is 0. The smallest absolute Gasteiger partial charge is 0.0378 e. The first-order chi connectivity index (χ1) is 9.08. The Morgan fingerprint density at radius 2 is 1.89 bits per heavy atom. The first-order valence-corrected chi connectivity index (χ1v) is 6.88. The highest BCUT2D eigenvalue weighted by Gasteiger charge is 2.27. The largest absolute Gasteiger partial charge is 0.385 e. The standard InChI is InChI=1S/C18H20N/c1-13-6-4-5-7-15(13)14-8-9-17-16(12-14)18(2,3)10-11-19-17/h4-9,12,19H,1,10-11H2,2-3H3. The molecule has 97 valence electrons. The van der Waals surface area contributed by atoms with Crippen LogP contribution in [-0.2, 0) is 5.41 Å². The van der Waals surface area contributed by atoms with Crippen LogP contribution in [0.15, 0.2) is 42.5 Å². The van der Waals surface area contributed by atoms with Gasteiger partial charge in [0, 0.05) is 12.2 Å². The molecule has 0 saturated carbocycles. The number of fused-ring (bicyclic) bond motifs is 1. The van der Waals surface area contributed by atoms with Gasteiger partial charge in [0.15, 0.2) is 0 Å². The van der Waals surface area contributed by atoms with Crippen molar-refractivity contribution in [1.82, 2.24) is 0 Å². The fraction of sp³-hybridized carbons (Fsp3) is 0.278. The van der Waals surface area contributed by atoms with Crippen molar-refractivity contribution < 1.29 is 0 Å². The third-order valence-corrected chi connectivity index (χ3v) is 4.14. The summed E-state index contributed by atoms with van der Waals surface area (Å²) in [6, 6.07) is 15.1. The van der Waals surface area contributed by atoms with E-state index in [1.807, 2.05) is 6.07 Å². The van der Waals surface area contributed by atoms with Crippen LogP contribution in [0, 0.1) is 6.92 Å². The van der Waals surface area contributed by atoms with Crippen molar-refractivity contribution in [3.63, 3.8) is 0 Å². The Morgan fingerprint density at radius 1 is 1.11 bits per heavy atom. The molecule has 2 aromatic rings. The van der Waals surface area contributed by atoms with Crippen molar-refractivity contribution in [1.29, 1.82) is 0 Å². The Labute approximate surface area is 115 Å². The van der Waals surface area contributed by atoms with Crippen molar-refractivity contribution >= 4 is 5.69 Å². The molecule has 1 heteroatoms. The lowest BCUT2D eigenvalue weighted by Crippen LogP contribution is -2.28. The van der Waals surface area contributed by atoms with Crippen LogP contribution in [0.25, 0.3) is 11.1 Å². The van der Waals surface area contributed by atoms with Gasteiger partial charge in [-0.25, -0.2) is 0 Å². The highest BCUT2D eigenvalue weighted by atomic mass is 14.9. The van der Waals surface area contributed by atoms with Crippen LogP contribution in [0.4, 0.5) is 5.69 Å². The average molecular weight is 250 g/mol. The van der Waals surface area contributed by atoms with E-state index in [-0.39, 0.29) is 5.41 Å². The lowest BCUT2D eigenvalue weighted by atomic mass is 9.77. The molecule has 1 heterocycles. The molecule has 0 amide bonds. The third kappa shape index (κ3) is 2.14. The predicted octanol–water partition coefficient (Wildman–Crippen LogP) is 4.63. The van der Waals surface area contributed by atoms with Crippen LogP contribution in [-0.4, -0.2) is 6.54 Å². The fourth-order valence-electron chi connectivity index (χ4n) is 2.87. The van der Waals surface area contributed by atoms with E-state index >= 15 is 0 Å². The average Bonchev–Trinajstić information content (AvgIpc) is 2.39. The van der Waals surface area contributed by atoms with E-state index in [1.165, 1.54) is 28.8 Å². The number of benzene rings is 2. The van der Waals surface area contributed by atoms with Gasteiger partial charge in [-0.15, -0.1) is 0 Å². The van der Waals surface area contributed by atoms with Gasteiger partial charge >= 0.3 is 0 Å². The lowest BCUT2D eigenvalue weighted by Gasteiger charge is -2.33. The van der Waals surface area contributed by atoms with Crippen molar-refractivity contribution in [2.75, 3.05) is 11.9 Å². The van der Waals surface area contributed by atoms with Crippen LogP contribution in [0.3, 0.4) is 0 Å². The van der Waals surface area contributed by atoms with Gasteiger partial charge < -0.3 is 5.32 Å². The van der Waals surface area contributed by atoms with Crippen LogP contribution in [0.1, 0.15) is 31.4 Å². The van der Waals surface area contributed by atoms with Gasteiger partial charge in [0.2, 0.25) is 0 Å². The molecule has 1 aliphatic rings. The van der Waals surface area contributed by atoms with Gasteiger partial charge in [-0.1, -0.05) is 44.2 Å². The van der Waals surface area contributed by atoms with Gasteiger partial charge in [-0.2, -0.15) is 0 Å². The molecule has 0 unspecified atom stereocenters. The molecule has 19 heavy (non-hydrogen) atoms. The maximum atomic E-state index is 4.13. The first-order valence-electron chi connectivity index (χ1n) is 6.88. The summed E-state index contributed by atoms with van der Waals surface area (Å²) >= 11 is 0. The lowest BCUT2D eigenvalue weighted by molar-refractivity contribution is 0.482. The molecule has 0 fully saturated rings. The number of nitrogens with one attached hydrogen (secondary N) is 1. The predicted molar refractivity (Wildman–Crippen MR) is 82.5 cm³/mol.